The van der Waals surface area contributed by atoms with Crippen LogP contribution >= 0.6 is 34.7 Å². The smallest absolute Gasteiger partial charge is 0.338 e. The Morgan fingerprint density at radius 1 is 1.04 bits per heavy atom. The highest BCUT2D eigenvalue weighted by Gasteiger charge is 2.70. The number of amides is 2. The fourth-order valence-electron chi connectivity index (χ4n) is 8.39. The van der Waals surface area contributed by atoms with Crippen molar-refractivity contribution in [3.05, 3.63) is 113 Å². The second-order valence-corrected chi connectivity index (χ2v) is 15.3. The summed E-state index contributed by atoms with van der Waals surface area (Å²) in [5.74, 6) is -2.80. The number of non-ortho nitro benzene ring substituents is 1. The molecule has 4 aliphatic rings. The first-order valence-electron chi connectivity index (χ1n) is 15.8. The van der Waals surface area contributed by atoms with Crippen molar-refractivity contribution >= 4 is 63.9 Å². The Morgan fingerprint density at radius 2 is 1.80 bits per heavy atom. The van der Waals surface area contributed by atoms with Crippen LogP contribution in [0.1, 0.15) is 45.6 Å². The molecule has 4 aromatic rings. The minimum atomic E-state index is -0.585. The number of nitrogens with zero attached hydrogens (tertiary/aromatic N) is 2. The van der Waals surface area contributed by atoms with Gasteiger partial charge in [-0.3, -0.25) is 29.4 Å². The van der Waals surface area contributed by atoms with Crippen LogP contribution in [0.25, 0.3) is 0 Å². The number of carbonyl (C=O) groups is 3. The summed E-state index contributed by atoms with van der Waals surface area (Å²) in [4.78, 5) is 69.5. The quantitative estimate of drug-likeness (QED) is 0.0942. The molecule has 2 amide bonds. The molecule has 2 aliphatic heterocycles. The summed E-state index contributed by atoms with van der Waals surface area (Å²) in [5.41, 5.74) is 1.97. The van der Waals surface area contributed by atoms with Crippen LogP contribution in [-0.4, -0.2) is 39.5 Å². The molecule has 6 unspecified atom stereocenters. The number of halogens is 1. The molecule has 3 heterocycles. The van der Waals surface area contributed by atoms with Crippen molar-refractivity contribution in [3.63, 3.8) is 0 Å². The summed E-state index contributed by atoms with van der Waals surface area (Å²) < 4.78 is 11.4. The van der Waals surface area contributed by atoms with E-state index in [4.69, 9.17) is 21.1 Å². The van der Waals surface area contributed by atoms with Crippen LogP contribution in [0.15, 0.2) is 76.6 Å². The molecule has 14 heteroatoms. The van der Waals surface area contributed by atoms with Crippen LogP contribution in [0.4, 0.5) is 11.4 Å². The molecular weight excluding hydrogens is 690 g/mol. The largest absolute Gasteiger partial charge is 0.489 e. The molecule has 1 aromatic heterocycles. The number of benzene rings is 3. The number of rotatable bonds is 8. The van der Waals surface area contributed by atoms with E-state index in [0.29, 0.717) is 39.0 Å². The number of imide groups is 1. The highest BCUT2D eigenvalue weighted by Crippen LogP contribution is 2.69. The number of ether oxygens (including phenoxy) is 2. The van der Waals surface area contributed by atoms with Crippen LogP contribution in [0.5, 0.6) is 5.75 Å². The molecule has 0 spiro atoms. The Balaban J connectivity index is 1.18. The number of H-pyrrole nitrogens is 1. The summed E-state index contributed by atoms with van der Waals surface area (Å²) >= 11 is 8.79. The summed E-state index contributed by atoms with van der Waals surface area (Å²) in [6.07, 6.45) is 0.647. The number of carbonyl (C=O) groups excluding carboxylic acids is 3. The zero-order valence-corrected chi connectivity index (χ0v) is 28.3. The van der Waals surface area contributed by atoms with Gasteiger partial charge >= 0.3 is 10.8 Å². The van der Waals surface area contributed by atoms with Crippen molar-refractivity contribution in [3.8, 4) is 5.75 Å². The Labute approximate surface area is 292 Å². The van der Waals surface area contributed by atoms with Gasteiger partial charge in [-0.15, -0.1) is 11.8 Å². The SMILES string of the molecule is CCOC(=O)c1ccc(N2C(=O)C3C4CC(C3C2=O)C2C4Sc3[nH]c(=O)sc3[C@@H]2c2cc([N+](=O)[O-])ccc2OCc2cccc(Cl)c2)cc1. The van der Waals surface area contributed by atoms with Gasteiger partial charge in [0.1, 0.15) is 12.4 Å². The number of anilines is 1. The van der Waals surface area contributed by atoms with Crippen LogP contribution < -0.4 is 14.5 Å². The number of aromatic nitrogens is 1. The summed E-state index contributed by atoms with van der Waals surface area (Å²) in [7, 11) is 0. The van der Waals surface area contributed by atoms with Crippen LogP contribution in [-0.2, 0) is 20.9 Å². The normalized spacial score (nSPS) is 26.3. The second kappa shape index (κ2) is 12.1. The van der Waals surface area contributed by atoms with Gasteiger partial charge in [0.05, 0.1) is 39.6 Å². The Hall–Kier alpha value is -4.46. The topological polar surface area (TPSA) is 149 Å². The molecule has 7 atom stereocenters. The van der Waals surface area contributed by atoms with Gasteiger partial charge in [-0.1, -0.05) is 35.1 Å². The maximum Gasteiger partial charge on any atom is 0.338 e. The number of nitro groups is 1. The lowest BCUT2D eigenvalue weighted by molar-refractivity contribution is -0.385. The average Bonchev–Trinajstić information content (AvgIpc) is 3.82. The van der Waals surface area contributed by atoms with Crippen molar-refractivity contribution in [2.75, 3.05) is 11.5 Å². The predicted molar refractivity (Wildman–Crippen MR) is 182 cm³/mol. The fraction of sp³-hybridized carbons (Fsp3) is 0.314. The van der Waals surface area contributed by atoms with Crippen LogP contribution in [0, 0.1) is 39.7 Å². The highest BCUT2D eigenvalue weighted by molar-refractivity contribution is 8.00. The summed E-state index contributed by atoms with van der Waals surface area (Å²) in [6, 6.07) is 18.0. The first-order valence-corrected chi connectivity index (χ1v) is 17.9. The molecule has 1 N–H and O–H groups in total. The minimum Gasteiger partial charge on any atom is -0.489 e. The lowest BCUT2D eigenvalue weighted by Crippen LogP contribution is -2.42. The molecule has 2 saturated carbocycles. The van der Waals surface area contributed by atoms with Crippen molar-refractivity contribution in [1.82, 2.24) is 4.98 Å². The third-order valence-electron chi connectivity index (χ3n) is 10.2. The molecule has 3 fully saturated rings. The number of fused-ring (bicyclic) bond motifs is 9. The number of esters is 1. The Bertz CT molecular complexity index is 2100. The Morgan fingerprint density at radius 3 is 2.51 bits per heavy atom. The number of aromatic amines is 1. The van der Waals surface area contributed by atoms with E-state index in [1.54, 1.807) is 49.4 Å². The molecule has 3 aromatic carbocycles. The Kier molecular flexibility index (Phi) is 7.88. The monoisotopic (exact) mass is 717 g/mol. The fourth-order valence-corrected chi connectivity index (χ4v) is 11.5. The van der Waals surface area contributed by atoms with Crippen LogP contribution in [0.3, 0.4) is 0 Å². The van der Waals surface area contributed by atoms with Gasteiger partial charge in [-0.2, -0.15) is 0 Å². The zero-order valence-electron chi connectivity index (χ0n) is 25.9. The van der Waals surface area contributed by atoms with E-state index < -0.39 is 28.6 Å². The molecule has 49 heavy (non-hydrogen) atoms. The number of hydrogen-bond acceptors (Lipinski definition) is 10. The third-order valence-corrected chi connectivity index (χ3v) is 13.0. The van der Waals surface area contributed by atoms with Crippen molar-refractivity contribution in [2.45, 2.75) is 36.1 Å². The van der Waals surface area contributed by atoms with Gasteiger partial charge in [0.25, 0.3) is 5.69 Å². The van der Waals surface area contributed by atoms with E-state index >= 15 is 0 Å². The van der Waals surface area contributed by atoms with E-state index in [9.17, 15) is 29.3 Å². The van der Waals surface area contributed by atoms with E-state index in [0.717, 1.165) is 21.8 Å². The minimum absolute atomic E-state index is 0.116. The molecule has 8 rings (SSSR count). The molecule has 2 aliphatic carbocycles. The summed E-state index contributed by atoms with van der Waals surface area (Å²) in [6.45, 7) is 2.10. The maximum atomic E-state index is 14.2. The van der Waals surface area contributed by atoms with Gasteiger partial charge in [0.2, 0.25) is 11.8 Å². The van der Waals surface area contributed by atoms with Crippen molar-refractivity contribution < 1.29 is 28.8 Å². The van der Waals surface area contributed by atoms with Crippen LogP contribution in [0.2, 0.25) is 5.02 Å². The van der Waals surface area contributed by atoms with Crippen molar-refractivity contribution in [2.24, 2.45) is 29.6 Å². The molecule has 0 radical (unpaired) electrons. The number of nitro benzene ring substituents is 1. The number of thioether (sulfide) groups is 1. The lowest BCUT2D eigenvalue weighted by Gasteiger charge is -2.43. The van der Waals surface area contributed by atoms with Crippen molar-refractivity contribution in [1.29, 1.82) is 0 Å². The molecular formula is C35H28ClN3O8S2. The average molecular weight is 718 g/mol. The van der Waals surface area contributed by atoms with Gasteiger partial charge in [0, 0.05) is 38.8 Å². The standard InChI is InChI=1S/C35H28ClN3O8S2/c1-2-46-34(42)17-6-8-19(9-7-17)38-32(40)27-22-14-23(28(27)33(38)41)29-26(22)25(30-31(48-29)37-35(43)49-30)21-13-20(39(44)45)10-11-24(21)47-15-16-4-3-5-18(36)12-16/h3-13,22-23,25-29H,2,14-15H2,1H3,(H,37,43)/t22?,23?,25-,26?,27?,28?,29?/m1/s1. The molecule has 11 nitrogen and oxygen atoms in total. The summed E-state index contributed by atoms with van der Waals surface area (Å²) in [5, 5.41) is 13.1. The highest BCUT2D eigenvalue weighted by atomic mass is 35.5. The molecule has 2 bridgehead atoms. The molecule has 250 valence electrons. The van der Waals surface area contributed by atoms with E-state index in [1.807, 2.05) is 12.1 Å². The van der Waals surface area contributed by atoms with Gasteiger partial charge in [0.15, 0.2) is 0 Å². The first-order chi connectivity index (χ1) is 23.6. The second-order valence-electron chi connectivity index (χ2n) is 12.6. The van der Waals surface area contributed by atoms with Gasteiger partial charge in [-0.25, -0.2) is 4.79 Å². The van der Waals surface area contributed by atoms with Gasteiger partial charge < -0.3 is 14.5 Å². The predicted octanol–water partition coefficient (Wildman–Crippen LogP) is 6.43. The lowest BCUT2D eigenvalue weighted by atomic mass is 9.68. The third kappa shape index (κ3) is 5.17. The number of hydrogen-bond donors (Lipinski definition) is 1. The maximum absolute atomic E-state index is 14.2. The van der Waals surface area contributed by atoms with E-state index in [-0.39, 0.29) is 58.6 Å². The van der Waals surface area contributed by atoms with Gasteiger partial charge in [-0.05, 0) is 79.1 Å². The van der Waals surface area contributed by atoms with E-state index in [1.165, 1.54) is 28.8 Å². The number of thiazole rings is 1. The molecule has 1 saturated heterocycles. The first kappa shape index (κ1) is 31.8. The zero-order chi connectivity index (χ0) is 34.1. The van der Waals surface area contributed by atoms with E-state index in [2.05, 4.69) is 4.98 Å². The number of nitrogens with one attached hydrogen (secondary N) is 1.